The standard InChI is InChI=1S/C16H24N2O2/c1-3-10-20-15-8-5-7-14(12-15)16(13-17)18-9-6-11-19-4-2/h5,7-8,12,16,18H,3-4,6,9-11H2,1-2H3. The fraction of sp³-hybridized carbons (Fsp3) is 0.562. The molecule has 1 aromatic carbocycles. The van der Waals surface area contributed by atoms with Crippen LogP contribution in [-0.2, 0) is 4.74 Å². The van der Waals surface area contributed by atoms with E-state index in [0.29, 0.717) is 6.61 Å². The molecule has 0 saturated heterocycles. The summed E-state index contributed by atoms with van der Waals surface area (Å²) in [5.74, 6) is 0.820. The van der Waals surface area contributed by atoms with Gasteiger partial charge in [0.2, 0.25) is 0 Å². The molecule has 110 valence electrons. The first kappa shape index (κ1) is 16.5. The van der Waals surface area contributed by atoms with E-state index in [0.717, 1.165) is 43.9 Å². The Kier molecular flexibility index (Phi) is 8.44. The Labute approximate surface area is 121 Å². The average molecular weight is 276 g/mol. The highest BCUT2D eigenvalue weighted by Crippen LogP contribution is 2.19. The number of hydrogen-bond acceptors (Lipinski definition) is 4. The summed E-state index contributed by atoms with van der Waals surface area (Å²) in [6.45, 7) is 6.97. The van der Waals surface area contributed by atoms with Gasteiger partial charge in [0.25, 0.3) is 0 Å². The Morgan fingerprint density at radius 1 is 1.30 bits per heavy atom. The van der Waals surface area contributed by atoms with Crippen LogP contribution in [0.2, 0.25) is 0 Å². The molecule has 1 aromatic rings. The monoisotopic (exact) mass is 276 g/mol. The first-order valence-corrected chi connectivity index (χ1v) is 7.25. The maximum Gasteiger partial charge on any atom is 0.121 e. The van der Waals surface area contributed by atoms with Crippen LogP contribution < -0.4 is 10.1 Å². The zero-order valence-electron chi connectivity index (χ0n) is 12.4. The average Bonchev–Trinajstić information content (AvgIpc) is 2.49. The molecule has 20 heavy (non-hydrogen) atoms. The highest BCUT2D eigenvalue weighted by Gasteiger charge is 2.10. The molecule has 0 aliphatic rings. The van der Waals surface area contributed by atoms with Gasteiger partial charge in [0.15, 0.2) is 0 Å². The van der Waals surface area contributed by atoms with E-state index >= 15 is 0 Å². The topological polar surface area (TPSA) is 54.3 Å². The number of benzene rings is 1. The number of rotatable bonds is 10. The van der Waals surface area contributed by atoms with Gasteiger partial charge in [-0.25, -0.2) is 0 Å². The van der Waals surface area contributed by atoms with Gasteiger partial charge in [-0.05, 0) is 44.0 Å². The third kappa shape index (κ3) is 6.05. The van der Waals surface area contributed by atoms with Crippen LogP contribution in [0.25, 0.3) is 0 Å². The van der Waals surface area contributed by atoms with Crippen molar-refractivity contribution in [2.45, 2.75) is 32.7 Å². The lowest BCUT2D eigenvalue weighted by atomic mass is 10.1. The summed E-state index contributed by atoms with van der Waals surface area (Å²) in [5.41, 5.74) is 0.942. The summed E-state index contributed by atoms with van der Waals surface area (Å²) < 4.78 is 10.9. The molecule has 1 N–H and O–H groups in total. The van der Waals surface area contributed by atoms with E-state index in [4.69, 9.17) is 9.47 Å². The first-order valence-electron chi connectivity index (χ1n) is 7.25. The third-order valence-electron chi connectivity index (χ3n) is 2.81. The van der Waals surface area contributed by atoms with Gasteiger partial charge < -0.3 is 9.47 Å². The molecule has 0 fully saturated rings. The third-order valence-corrected chi connectivity index (χ3v) is 2.81. The second-order valence-electron chi connectivity index (χ2n) is 4.49. The number of nitrogens with zero attached hydrogens (tertiary/aromatic N) is 1. The first-order chi connectivity index (χ1) is 9.81. The predicted octanol–water partition coefficient (Wildman–Crippen LogP) is 3.06. The van der Waals surface area contributed by atoms with E-state index in [1.54, 1.807) is 0 Å². The van der Waals surface area contributed by atoms with Crippen molar-refractivity contribution in [1.29, 1.82) is 5.26 Å². The highest BCUT2D eigenvalue weighted by atomic mass is 16.5. The molecule has 0 heterocycles. The van der Waals surface area contributed by atoms with Gasteiger partial charge in [-0.15, -0.1) is 0 Å². The van der Waals surface area contributed by atoms with Crippen molar-refractivity contribution in [3.63, 3.8) is 0 Å². The lowest BCUT2D eigenvalue weighted by molar-refractivity contribution is 0.144. The fourth-order valence-corrected chi connectivity index (χ4v) is 1.81. The van der Waals surface area contributed by atoms with Crippen LogP contribution in [0.15, 0.2) is 24.3 Å². The zero-order chi connectivity index (χ0) is 14.6. The van der Waals surface area contributed by atoms with Crippen LogP contribution in [0.3, 0.4) is 0 Å². The largest absolute Gasteiger partial charge is 0.494 e. The zero-order valence-corrected chi connectivity index (χ0v) is 12.4. The Morgan fingerprint density at radius 3 is 2.85 bits per heavy atom. The summed E-state index contributed by atoms with van der Waals surface area (Å²) in [7, 11) is 0. The summed E-state index contributed by atoms with van der Waals surface area (Å²) in [6.07, 6.45) is 1.87. The van der Waals surface area contributed by atoms with Gasteiger partial charge >= 0.3 is 0 Å². The van der Waals surface area contributed by atoms with E-state index in [9.17, 15) is 5.26 Å². The Bertz CT molecular complexity index is 415. The van der Waals surface area contributed by atoms with E-state index in [-0.39, 0.29) is 6.04 Å². The fourth-order valence-electron chi connectivity index (χ4n) is 1.81. The van der Waals surface area contributed by atoms with E-state index in [1.807, 2.05) is 31.2 Å². The molecular weight excluding hydrogens is 252 g/mol. The maximum absolute atomic E-state index is 9.26. The molecule has 0 radical (unpaired) electrons. The SMILES string of the molecule is CCCOc1cccc(C(C#N)NCCCOCC)c1. The molecule has 4 heteroatoms. The van der Waals surface area contributed by atoms with Gasteiger partial charge in [-0.1, -0.05) is 19.1 Å². The minimum atomic E-state index is -0.304. The van der Waals surface area contributed by atoms with Crippen LogP contribution >= 0.6 is 0 Å². The smallest absolute Gasteiger partial charge is 0.121 e. The Balaban J connectivity index is 2.50. The van der Waals surface area contributed by atoms with Crippen LogP contribution in [0.4, 0.5) is 0 Å². The highest BCUT2D eigenvalue weighted by molar-refractivity contribution is 5.33. The summed E-state index contributed by atoms with van der Waals surface area (Å²) in [5, 5.41) is 12.5. The summed E-state index contributed by atoms with van der Waals surface area (Å²) in [4.78, 5) is 0. The molecule has 0 aliphatic heterocycles. The van der Waals surface area contributed by atoms with Crippen LogP contribution in [0.5, 0.6) is 5.75 Å². The van der Waals surface area contributed by atoms with Crippen molar-refractivity contribution in [3.8, 4) is 11.8 Å². The van der Waals surface area contributed by atoms with Crippen LogP contribution in [0.1, 0.15) is 38.3 Å². The Hall–Kier alpha value is -1.57. The predicted molar refractivity (Wildman–Crippen MR) is 79.7 cm³/mol. The molecule has 1 atom stereocenters. The van der Waals surface area contributed by atoms with Crippen LogP contribution in [-0.4, -0.2) is 26.4 Å². The van der Waals surface area contributed by atoms with Crippen molar-refractivity contribution in [2.75, 3.05) is 26.4 Å². The maximum atomic E-state index is 9.26. The molecule has 0 aromatic heterocycles. The van der Waals surface area contributed by atoms with Gasteiger partial charge in [0, 0.05) is 13.2 Å². The lowest BCUT2D eigenvalue weighted by Gasteiger charge is -2.13. The van der Waals surface area contributed by atoms with Crippen molar-refractivity contribution >= 4 is 0 Å². The quantitative estimate of drug-likeness (QED) is 0.667. The van der Waals surface area contributed by atoms with E-state index in [1.165, 1.54) is 0 Å². The lowest BCUT2D eigenvalue weighted by Crippen LogP contribution is -2.22. The summed E-state index contributed by atoms with van der Waals surface area (Å²) in [6, 6.07) is 9.70. The number of nitriles is 1. The molecule has 0 saturated carbocycles. The molecule has 1 unspecified atom stereocenters. The minimum Gasteiger partial charge on any atom is -0.494 e. The van der Waals surface area contributed by atoms with E-state index in [2.05, 4.69) is 18.3 Å². The number of ether oxygens (including phenoxy) is 2. The molecule has 0 aliphatic carbocycles. The molecule has 1 rings (SSSR count). The van der Waals surface area contributed by atoms with Crippen LogP contribution in [0, 0.1) is 11.3 Å². The van der Waals surface area contributed by atoms with Gasteiger partial charge in [-0.2, -0.15) is 5.26 Å². The molecule has 0 bridgehead atoms. The molecular formula is C16H24N2O2. The normalized spacial score (nSPS) is 11.8. The van der Waals surface area contributed by atoms with Crippen molar-refractivity contribution in [2.24, 2.45) is 0 Å². The molecule has 0 amide bonds. The second-order valence-corrected chi connectivity index (χ2v) is 4.49. The Morgan fingerprint density at radius 2 is 2.15 bits per heavy atom. The molecule has 4 nitrogen and oxygen atoms in total. The van der Waals surface area contributed by atoms with E-state index < -0.39 is 0 Å². The van der Waals surface area contributed by atoms with Crippen molar-refractivity contribution < 1.29 is 9.47 Å². The van der Waals surface area contributed by atoms with Crippen molar-refractivity contribution in [1.82, 2.24) is 5.32 Å². The second kappa shape index (κ2) is 10.2. The van der Waals surface area contributed by atoms with Gasteiger partial charge in [0.05, 0.1) is 12.7 Å². The molecule has 0 spiro atoms. The van der Waals surface area contributed by atoms with Crippen molar-refractivity contribution in [3.05, 3.63) is 29.8 Å². The number of hydrogen-bond donors (Lipinski definition) is 1. The van der Waals surface area contributed by atoms with Gasteiger partial charge in [0.1, 0.15) is 11.8 Å². The number of nitrogens with one attached hydrogen (secondary N) is 1. The van der Waals surface area contributed by atoms with Gasteiger partial charge in [-0.3, -0.25) is 5.32 Å². The summed E-state index contributed by atoms with van der Waals surface area (Å²) >= 11 is 0. The minimum absolute atomic E-state index is 0.304.